The Hall–Kier alpha value is -4.63. The topological polar surface area (TPSA) is 122 Å². The van der Waals surface area contributed by atoms with Crippen LogP contribution >= 0.6 is 0 Å². The molecule has 4 aromatic rings. The van der Waals surface area contributed by atoms with Crippen molar-refractivity contribution in [2.24, 2.45) is 5.73 Å². The SMILES string of the molecule is CNC1(C(=O)N2CC3(C2)C(=O)N(Cc2ncc4ccccc4c2-c2ccc(C(N)=O)nc2)c2ccccc23)CC1. The molecule has 1 saturated heterocycles. The summed E-state index contributed by atoms with van der Waals surface area (Å²) in [4.78, 5) is 51.7. The Morgan fingerprint density at radius 2 is 1.73 bits per heavy atom. The lowest BCUT2D eigenvalue weighted by molar-refractivity contribution is -0.146. The molecule has 0 bridgehead atoms. The minimum absolute atomic E-state index is 0.0184. The summed E-state index contributed by atoms with van der Waals surface area (Å²) in [6.45, 7) is 1.000. The Morgan fingerprint density at radius 1 is 0.975 bits per heavy atom. The second-order valence-electron chi connectivity index (χ2n) is 10.9. The predicted octanol–water partition coefficient (Wildman–Crippen LogP) is 2.77. The quantitative estimate of drug-likeness (QED) is 0.394. The van der Waals surface area contributed by atoms with E-state index in [1.54, 1.807) is 17.2 Å². The van der Waals surface area contributed by atoms with Gasteiger partial charge in [-0.25, -0.2) is 0 Å². The number of carbonyl (C=O) groups is 3. The molecule has 200 valence electrons. The van der Waals surface area contributed by atoms with E-state index in [4.69, 9.17) is 10.7 Å². The summed E-state index contributed by atoms with van der Waals surface area (Å²) in [5.74, 6) is -0.535. The van der Waals surface area contributed by atoms with Gasteiger partial charge in [-0.2, -0.15) is 0 Å². The maximum Gasteiger partial charge on any atom is 0.267 e. The van der Waals surface area contributed by atoms with Crippen LogP contribution in [0.4, 0.5) is 5.69 Å². The first kappa shape index (κ1) is 24.4. The molecule has 2 aromatic heterocycles. The minimum atomic E-state index is -0.752. The average Bonchev–Trinajstić information content (AvgIpc) is 3.72. The van der Waals surface area contributed by atoms with Crippen molar-refractivity contribution < 1.29 is 14.4 Å². The molecular formula is C31H28N6O3. The molecule has 9 heteroatoms. The number of aromatic nitrogens is 2. The average molecular weight is 533 g/mol. The molecule has 1 aliphatic carbocycles. The Kier molecular flexibility index (Phi) is 5.30. The van der Waals surface area contributed by atoms with Crippen molar-refractivity contribution in [3.63, 3.8) is 0 Å². The van der Waals surface area contributed by atoms with Gasteiger partial charge in [0.15, 0.2) is 0 Å². The molecule has 7 rings (SSSR count). The number of nitrogens with zero attached hydrogens (tertiary/aromatic N) is 4. The van der Waals surface area contributed by atoms with Crippen LogP contribution in [0.3, 0.4) is 0 Å². The molecule has 0 unspecified atom stereocenters. The van der Waals surface area contributed by atoms with E-state index in [0.717, 1.165) is 46.0 Å². The van der Waals surface area contributed by atoms with E-state index < -0.39 is 16.9 Å². The maximum atomic E-state index is 14.2. The molecule has 9 nitrogen and oxygen atoms in total. The highest BCUT2D eigenvalue weighted by molar-refractivity contribution is 6.10. The fraction of sp³-hybridized carbons (Fsp3) is 0.258. The van der Waals surface area contributed by atoms with Crippen molar-refractivity contribution in [3.8, 4) is 11.1 Å². The number of carbonyl (C=O) groups excluding carboxylic acids is 3. The monoisotopic (exact) mass is 532 g/mol. The van der Waals surface area contributed by atoms with Crippen LogP contribution in [0.5, 0.6) is 0 Å². The second kappa shape index (κ2) is 8.69. The molecular weight excluding hydrogens is 504 g/mol. The number of pyridine rings is 2. The number of rotatable bonds is 6. The van der Waals surface area contributed by atoms with Crippen molar-refractivity contribution >= 4 is 34.2 Å². The summed E-state index contributed by atoms with van der Waals surface area (Å²) in [5, 5.41) is 5.10. The van der Waals surface area contributed by atoms with Gasteiger partial charge < -0.3 is 20.9 Å². The number of benzene rings is 2. The lowest BCUT2D eigenvalue weighted by atomic mass is 9.74. The number of hydrogen-bond donors (Lipinski definition) is 2. The molecule has 40 heavy (non-hydrogen) atoms. The molecule has 1 spiro atoms. The van der Waals surface area contributed by atoms with Crippen molar-refractivity contribution in [2.75, 3.05) is 25.0 Å². The van der Waals surface area contributed by atoms with Gasteiger partial charge in [0.25, 0.3) is 5.91 Å². The number of nitrogens with two attached hydrogens (primary N) is 1. The van der Waals surface area contributed by atoms with Gasteiger partial charge in [0, 0.05) is 47.7 Å². The zero-order valence-corrected chi connectivity index (χ0v) is 22.1. The van der Waals surface area contributed by atoms with Crippen LogP contribution in [0.25, 0.3) is 21.9 Å². The maximum absolute atomic E-state index is 14.2. The molecule has 2 aromatic carbocycles. The van der Waals surface area contributed by atoms with Crippen LogP contribution in [0.2, 0.25) is 0 Å². The predicted molar refractivity (Wildman–Crippen MR) is 150 cm³/mol. The number of para-hydroxylation sites is 1. The fourth-order valence-corrected chi connectivity index (χ4v) is 6.29. The van der Waals surface area contributed by atoms with Gasteiger partial charge in [-0.1, -0.05) is 48.5 Å². The fourth-order valence-electron chi connectivity index (χ4n) is 6.29. The Bertz CT molecular complexity index is 1710. The highest BCUT2D eigenvalue weighted by atomic mass is 16.2. The summed E-state index contributed by atoms with van der Waals surface area (Å²) in [6, 6.07) is 19.2. The lowest BCUT2D eigenvalue weighted by Crippen LogP contribution is -2.67. The van der Waals surface area contributed by atoms with Gasteiger partial charge in [0.2, 0.25) is 11.8 Å². The third kappa shape index (κ3) is 3.47. The Morgan fingerprint density at radius 3 is 2.42 bits per heavy atom. The van der Waals surface area contributed by atoms with Crippen LogP contribution in [-0.2, 0) is 21.5 Å². The van der Waals surface area contributed by atoms with Crippen LogP contribution in [0.15, 0.2) is 73.1 Å². The third-order valence-corrected chi connectivity index (χ3v) is 8.70. The van der Waals surface area contributed by atoms with E-state index in [2.05, 4.69) is 10.3 Å². The van der Waals surface area contributed by atoms with E-state index in [9.17, 15) is 14.4 Å². The van der Waals surface area contributed by atoms with E-state index >= 15 is 0 Å². The van der Waals surface area contributed by atoms with Gasteiger partial charge in [0.05, 0.1) is 17.8 Å². The Labute approximate surface area is 231 Å². The highest BCUT2D eigenvalue weighted by Crippen LogP contribution is 2.50. The molecule has 4 heterocycles. The number of likely N-dealkylation sites (N-methyl/N-ethyl adjacent to an activating group) is 1. The van der Waals surface area contributed by atoms with Crippen molar-refractivity contribution in [1.82, 2.24) is 20.2 Å². The first-order valence-electron chi connectivity index (χ1n) is 13.4. The van der Waals surface area contributed by atoms with E-state index in [1.165, 1.54) is 0 Å². The summed E-state index contributed by atoms with van der Waals surface area (Å²) >= 11 is 0. The number of fused-ring (bicyclic) bond motifs is 3. The van der Waals surface area contributed by atoms with Crippen molar-refractivity contribution in [2.45, 2.75) is 30.3 Å². The second-order valence-corrected chi connectivity index (χ2v) is 10.9. The molecule has 3 N–H and O–H groups in total. The number of primary amides is 1. The lowest BCUT2D eigenvalue weighted by Gasteiger charge is -2.48. The summed E-state index contributed by atoms with van der Waals surface area (Å²) in [7, 11) is 1.82. The minimum Gasteiger partial charge on any atom is -0.364 e. The summed E-state index contributed by atoms with van der Waals surface area (Å²) in [5.41, 5.74) is 8.51. The normalized spacial score (nSPS) is 18.1. The van der Waals surface area contributed by atoms with Crippen molar-refractivity contribution in [3.05, 3.63) is 90.0 Å². The summed E-state index contributed by atoms with van der Waals surface area (Å²) < 4.78 is 0. The standard InChI is InChI=1S/C31H28N6O3/c1-33-31(12-13-31)29(40)36-17-30(18-36)22-8-4-5-9-25(22)37(28(30)39)16-24-26(20-10-11-23(27(32)38)34-15-20)21-7-3-2-6-19(21)14-35-24/h2-11,14-15,33H,12-13,16-18H2,1H3,(H2,32,38). The number of amides is 3. The number of anilines is 1. The first-order chi connectivity index (χ1) is 19.4. The zero-order chi connectivity index (χ0) is 27.6. The van der Waals surface area contributed by atoms with Gasteiger partial charge in [0.1, 0.15) is 11.1 Å². The van der Waals surface area contributed by atoms with Crippen LogP contribution < -0.4 is 16.0 Å². The molecule has 2 fully saturated rings. The molecule has 0 radical (unpaired) electrons. The van der Waals surface area contributed by atoms with Gasteiger partial charge >= 0.3 is 0 Å². The highest BCUT2D eigenvalue weighted by Gasteiger charge is 2.62. The number of nitrogens with one attached hydrogen (secondary N) is 1. The molecule has 2 aliphatic heterocycles. The first-order valence-corrected chi connectivity index (χ1v) is 13.4. The van der Waals surface area contributed by atoms with E-state index in [-0.39, 0.29) is 24.1 Å². The van der Waals surface area contributed by atoms with Crippen LogP contribution in [-0.4, -0.2) is 58.3 Å². The van der Waals surface area contributed by atoms with E-state index in [0.29, 0.717) is 18.8 Å². The van der Waals surface area contributed by atoms with Crippen LogP contribution in [0, 0.1) is 0 Å². The molecule has 0 atom stereocenters. The molecule has 3 amide bonds. The van der Waals surface area contributed by atoms with Gasteiger partial charge in [-0.05, 0) is 43.0 Å². The molecule has 1 saturated carbocycles. The molecule has 3 aliphatic rings. The van der Waals surface area contributed by atoms with Gasteiger partial charge in [-0.3, -0.25) is 24.4 Å². The van der Waals surface area contributed by atoms with Crippen LogP contribution in [0.1, 0.15) is 34.6 Å². The van der Waals surface area contributed by atoms with Gasteiger partial charge in [-0.15, -0.1) is 0 Å². The number of hydrogen-bond acceptors (Lipinski definition) is 6. The van der Waals surface area contributed by atoms with E-state index in [1.807, 2.05) is 72.7 Å². The summed E-state index contributed by atoms with van der Waals surface area (Å²) in [6.07, 6.45) is 5.10. The Balaban J connectivity index is 1.27. The third-order valence-electron chi connectivity index (χ3n) is 8.70. The smallest absolute Gasteiger partial charge is 0.267 e. The zero-order valence-electron chi connectivity index (χ0n) is 22.1. The number of likely N-dealkylation sites (tertiary alicyclic amines) is 1. The largest absolute Gasteiger partial charge is 0.364 e. The van der Waals surface area contributed by atoms with Crippen molar-refractivity contribution in [1.29, 1.82) is 0 Å².